The number of halogens is 1. The third kappa shape index (κ3) is 6.02. The van der Waals surface area contributed by atoms with Gasteiger partial charge in [0.2, 0.25) is 5.91 Å². The Balaban J connectivity index is 1.39. The zero-order valence-electron chi connectivity index (χ0n) is 23.6. The smallest absolute Gasteiger partial charge is 0.246 e. The number of rotatable bonds is 9. The summed E-state index contributed by atoms with van der Waals surface area (Å²) in [7, 11) is 5.84. The van der Waals surface area contributed by atoms with Crippen molar-refractivity contribution in [3.8, 4) is 0 Å². The number of imidazole rings is 1. The molecule has 2 aromatic heterocycles. The minimum atomic E-state index is -0.0700. The number of fused-ring (bicyclic) bond motifs is 1. The highest BCUT2D eigenvalue weighted by Crippen LogP contribution is 2.34. The fourth-order valence-corrected chi connectivity index (χ4v) is 5.54. The van der Waals surface area contributed by atoms with Gasteiger partial charge in [0.05, 0.1) is 11.2 Å². The van der Waals surface area contributed by atoms with E-state index in [4.69, 9.17) is 16.6 Å². The predicted octanol–water partition coefficient (Wildman–Crippen LogP) is 4.49. The normalized spacial score (nSPS) is 14.7. The molecule has 1 amide bonds. The van der Waals surface area contributed by atoms with Gasteiger partial charge < -0.3 is 14.4 Å². The molecular formula is C29H39ClN6O2. The minimum absolute atomic E-state index is 0.0118. The van der Waals surface area contributed by atoms with Gasteiger partial charge in [0.15, 0.2) is 5.78 Å². The van der Waals surface area contributed by atoms with Crippen molar-refractivity contribution in [2.45, 2.75) is 52.4 Å². The molecule has 1 aliphatic heterocycles. The van der Waals surface area contributed by atoms with Crippen LogP contribution in [0.2, 0.25) is 5.02 Å². The van der Waals surface area contributed by atoms with Crippen molar-refractivity contribution in [2.24, 2.45) is 13.0 Å². The van der Waals surface area contributed by atoms with Crippen LogP contribution in [-0.4, -0.2) is 75.0 Å². The largest absolute Gasteiger partial charge is 0.338 e. The molecule has 8 nitrogen and oxygen atoms in total. The number of hydrogen-bond acceptors (Lipinski definition) is 5. The van der Waals surface area contributed by atoms with Crippen molar-refractivity contribution in [1.82, 2.24) is 29.5 Å². The van der Waals surface area contributed by atoms with E-state index in [-0.39, 0.29) is 23.0 Å². The maximum Gasteiger partial charge on any atom is 0.246 e. The summed E-state index contributed by atoms with van der Waals surface area (Å²) in [6.45, 7) is 10.3. The maximum absolute atomic E-state index is 13.2. The molecule has 1 N–H and O–H groups in total. The lowest BCUT2D eigenvalue weighted by Crippen LogP contribution is -2.50. The highest BCUT2D eigenvalue weighted by molar-refractivity contribution is 6.32. The molecule has 1 aromatic carbocycles. The summed E-state index contributed by atoms with van der Waals surface area (Å²) in [5, 5.41) is 9.43. The number of aromatic amines is 1. The summed E-state index contributed by atoms with van der Waals surface area (Å²) in [4.78, 5) is 34.0. The second-order valence-electron chi connectivity index (χ2n) is 11.7. The Hall–Kier alpha value is -2.97. The van der Waals surface area contributed by atoms with Crippen molar-refractivity contribution in [3.63, 3.8) is 0 Å². The second kappa shape index (κ2) is 11.0. The molecule has 204 valence electrons. The summed E-state index contributed by atoms with van der Waals surface area (Å²) < 4.78 is 1.93. The first-order valence-electron chi connectivity index (χ1n) is 13.2. The number of hydrogen-bond donors (Lipinski definition) is 1. The average Bonchev–Trinajstić information content (AvgIpc) is 3.31. The molecule has 1 saturated heterocycles. The number of amides is 1. The summed E-state index contributed by atoms with van der Waals surface area (Å²) in [6.07, 6.45) is 5.32. The van der Waals surface area contributed by atoms with Crippen LogP contribution in [0.3, 0.4) is 0 Å². The Kier molecular flexibility index (Phi) is 8.14. The molecular weight excluding hydrogens is 500 g/mol. The summed E-state index contributed by atoms with van der Waals surface area (Å²) in [5.41, 5.74) is 4.32. The summed E-state index contributed by atoms with van der Waals surface area (Å²) in [5.74, 6) is 1.15. The fraction of sp³-hybridized carbons (Fsp3) is 0.517. The lowest BCUT2D eigenvalue weighted by Gasteiger charge is -2.38. The molecule has 0 saturated carbocycles. The first-order chi connectivity index (χ1) is 17.8. The van der Waals surface area contributed by atoms with Gasteiger partial charge in [-0.1, -0.05) is 38.4 Å². The zero-order chi connectivity index (χ0) is 27.8. The van der Waals surface area contributed by atoms with Crippen LogP contribution in [0.25, 0.3) is 10.9 Å². The van der Waals surface area contributed by atoms with Crippen LogP contribution in [0.1, 0.15) is 60.5 Å². The number of likely N-dealkylation sites (N-methyl/N-ethyl adjacent to an activating group) is 1. The molecule has 0 atom stereocenters. The molecule has 38 heavy (non-hydrogen) atoms. The molecule has 3 heterocycles. The topological polar surface area (TPSA) is 87.1 Å². The Morgan fingerprint density at radius 1 is 1.21 bits per heavy atom. The fourth-order valence-electron chi connectivity index (χ4n) is 5.10. The van der Waals surface area contributed by atoms with Gasteiger partial charge in [-0.3, -0.25) is 14.7 Å². The van der Waals surface area contributed by atoms with Crippen LogP contribution in [0.5, 0.6) is 0 Å². The highest BCUT2D eigenvalue weighted by atomic mass is 35.5. The first-order valence-corrected chi connectivity index (χ1v) is 13.6. The molecule has 1 fully saturated rings. The maximum atomic E-state index is 13.2. The number of aryl methyl sites for hydroxylation is 3. The van der Waals surface area contributed by atoms with Crippen LogP contribution in [0.15, 0.2) is 24.3 Å². The number of H-pyrrole nitrogens is 1. The SMILES string of the molecule is Cc1nc(CCc2[nH]nc3cc(Cl)c(C(C)(C)C)cc23)n(C)c1C(=O)CC1CN(C(=O)/C=C/CN(C)C)C1. The van der Waals surface area contributed by atoms with E-state index in [1.54, 1.807) is 11.0 Å². The monoisotopic (exact) mass is 538 g/mol. The lowest BCUT2D eigenvalue weighted by molar-refractivity contribution is -0.132. The van der Waals surface area contributed by atoms with Gasteiger partial charge in [-0.05, 0) is 50.6 Å². The van der Waals surface area contributed by atoms with E-state index in [1.165, 1.54) is 0 Å². The third-order valence-electron chi connectivity index (χ3n) is 7.23. The van der Waals surface area contributed by atoms with E-state index >= 15 is 0 Å². The van der Waals surface area contributed by atoms with Crippen molar-refractivity contribution in [2.75, 3.05) is 33.7 Å². The van der Waals surface area contributed by atoms with Crippen LogP contribution in [0, 0.1) is 12.8 Å². The molecule has 4 rings (SSSR count). The highest BCUT2D eigenvalue weighted by Gasteiger charge is 2.32. The molecule has 3 aromatic rings. The molecule has 0 unspecified atom stereocenters. The predicted molar refractivity (Wildman–Crippen MR) is 152 cm³/mol. The molecule has 1 aliphatic rings. The number of nitrogens with one attached hydrogen (secondary N) is 1. The van der Waals surface area contributed by atoms with Crippen LogP contribution >= 0.6 is 11.6 Å². The lowest BCUT2D eigenvalue weighted by atomic mass is 9.86. The van der Waals surface area contributed by atoms with Gasteiger partial charge in [-0.2, -0.15) is 5.10 Å². The van der Waals surface area contributed by atoms with E-state index in [9.17, 15) is 9.59 Å². The molecule has 0 spiro atoms. The number of nitrogens with zero attached hydrogens (tertiary/aromatic N) is 5. The van der Waals surface area contributed by atoms with Gasteiger partial charge in [0.1, 0.15) is 11.5 Å². The number of likely N-dealkylation sites (tertiary alicyclic amines) is 1. The van der Waals surface area contributed by atoms with E-state index in [2.05, 4.69) is 37.0 Å². The van der Waals surface area contributed by atoms with Gasteiger partial charge in [0.25, 0.3) is 0 Å². The van der Waals surface area contributed by atoms with Crippen LogP contribution < -0.4 is 0 Å². The van der Waals surface area contributed by atoms with E-state index in [1.807, 2.05) is 49.7 Å². The third-order valence-corrected chi connectivity index (χ3v) is 7.54. The van der Waals surface area contributed by atoms with Crippen LogP contribution in [-0.2, 0) is 30.1 Å². The van der Waals surface area contributed by atoms with E-state index in [0.29, 0.717) is 31.6 Å². The number of carbonyl (C=O) groups is 2. The average molecular weight is 539 g/mol. The van der Waals surface area contributed by atoms with Gasteiger partial charge >= 0.3 is 0 Å². The van der Waals surface area contributed by atoms with Crippen molar-refractivity contribution >= 4 is 34.2 Å². The number of ketones is 1. The zero-order valence-corrected chi connectivity index (χ0v) is 24.3. The quantitative estimate of drug-likeness (QED) is 0.320. The minimum Gasteiger partial charge on any atom is -0.338 e. The van der Waals surface area contributed by atoms with Gasteiger partial charge in [-0.25, -0.2) is 4.98 Å². The number of benzene rings is 1. The van der Waals surface area contributed by atoms with Gasteiger partial charge in [0, 0.05) is 67.6 Å². The number of carbonyl (C=O) groups excluding carboxylic acids is 2. The van der Waals surface area contributed by atoms with E-state index in [0.717, 1.165) is 51.7 Å². The Bertz CT molecular complexity index is 1370. The molecule has 0 bridgehead atoms. The first kappa shape index (κ1) is 28.0. The molecule has 0 radical (unpaired) electrons. The Morgan fingerprint density at radius 3 is 2.58 bits per heavy atom. The van der Waals surface area contributed by atoms with E-state index < -0.39 is 0 Å². The van der Waals surface area contributed by atoms with Gasteiger partial charge in [-0.15, -0.1) is 0 Å². The number of Topliss-reactive ketones (excluding diaryl/α,β-unsaturated/α-hetero) is 1. The molecule has 9 heteroatoms. The summed E-state index contributed by atoms with van der Waals surface area (Å²) >= 11 is 6.52. The van der Waals surface area contributed by atoms with Crippen molar-refractivity contribution in [3.05, 3.63) is 57.8 Å². The van der Waals surface area contributed by atoms with Crippen LogP contribution in [0.4, 0.5) is 0 Å². The second-order valence-corrected chi connectivity index (χ2v) is 12.1. The number of aromatic nitrogens is 4. The van der Waals surface area contributed by atoms with Crippen molar-refractivity contribution < 1.29 is 9.59 Å². The molecule has 0 aliphatic carbocycles. The Labute approximate surface area is 230 Å². The standard InChI is InChI=1S/C29H39ClN6O2/c1-18-28(25(37)13-19-16-36(17-19)27(38)9-8-12-34(5)6)35(7)26(31-18)11-10-23-20-14-21(29(2,3)4)22(30)15-24(20)33-32-23/h8-9,14-15,19H,10-13,16-17H2,1-7H3,(H,32,33)/b9-8+. The van der Waals surface area contributed by atoms with Crippen molar-refractivity contribution in [1.29, 1.82) is 0 Å². The summed E-state index contributed by atoms with van der Waals surface area (Å²) in [6, 6.07) is 4.06. The Morgan fingerprint density at radius 2 is 1.92 bits per heavy atom.